The summed E-state index contributed by atoms with van der Waals surface area (Å²) < 4.78 is 0. The Bertz CT molecular complexity index is 561. The van der Waals surface area contributed by atoms with Gasteiger partial charge in [-0.05, 0) is 6.92 Å². The smallest absolute Gasteiger partial charge is 0.325 e. The molecule has 0 saturated heterocycles. The molecule has 0 aliphatic heterocycles. The molecule has 0 heterocycles. The topological polar surface area (TPSA) is 188 Å². The van der Waals surface area contributed by atoms with Gasteiger partial charge in [0.2, 0.25) is 17.7 Å². The van der Waals surface area contributed by atoms with Crippen molar-refractivity contribution in [3.63, 3.8) is 0 Å². The molecule has 4 atom stereocenters. The van der Waals surface area contributed by atoms with Crippen LogP contribution in [0.1, 0.15) is 13.3 Å². The Morgan fingerprint density at radius 1 is 0.885 bits per heavy atom. The van der Waals surface area contributed by atoms with Gasteiger partial charge >= 0.3 is 11.9 Å². The number of thiol groups is 2. The number of aliphatic carboxylic acids is 2. The van der Waals surface area contributed by atoms with Crippen molar-refractivity contribution in [1.82, 2.24) is 16.0 Å². The zero-order valence-corrected chi connectivity index (χ0v) is 15.6. The lowest BCUT2D eigenvalue weighted by Crippen LogP contribution is -2.58. The van der Waals surface area contributed by atoms with Crippen molar-refractivity contribution in [2.75, 3.05) is 11.5 Å². The molecule has 0 fully saturated rings. The van der Waals surface area contributed by atoms with E-state index in [2.05, 4.69) is 41.2 Å². The quantitative estimate of drug-likeness (QED) is 0.168. The molecule has 0 aromatic rings. The van der Waals surface area contributed by atoms with Gasteiger partial charge in [-0.25, -0.2) is 0 Å². The highest BCUT2D eigenvalue weighted by molar-refractivity contribution is 7.80. The number of rotatable bonds is 11. The maximum atomic E-state index is 12.2. The van der Waals surface area contributed by atoms with E-state index in [9.17, 15) is 24.0 Å². The molecule has 0 rings (SSSR count). The summed E-state index contributed by atoms with van der Waals surface area (Å²) in [6.07, 6.45) is -0.747. The van der Waals surface area contributed by atoms with Crippen LogP contribution < -0.4 is 21.7 Å². The number of carbonyl (C=O) groups is 5. The summed E-state index contributed by atoms with van der Waals surface area (Å²) in [4.78, 5) is 57.6. The number of carboxylic acids is 2. The molecule has 13 heteroatoms. The van der Waals surface area contributed by atoms with Crippen LogP contribution in [0.25, 0.3) is 0 Å². The summed E-state index contributed by atoms with van der Waals surface area (Å²) in [6.45, 7) is 1.23. The average Bonchev–Trinajstić information content (AvgIpc) is 2.56. The highest BCUT2D eigenvalue weighted by atomic mass is 32.1. The molecule has 0 radical (unpaired) electrons. The van der Waals surface area contributed by atoms with E-state index in [1.54, 1.807) is 0 Å². The highest BCUT2D eigenvalue weighted by Crippen LogP contribution is 1.99. The molecule has 0 aliphatic rings. The Morgan fingerprint density at radius 2 is 1.38 bits per heavy atom. The lowest BCUT2D eigenvalue weighted by Gasteiger charge is -2.23. The van der Waals surface area contributed by atoms with Crippen LogP contribution in [-0.4, -0.2) is 75.5 Å². The van der Waals surface area contributed by atoms with Gasteiger partial charge in [0.25, 0.3) is 0 Å². The standard InChI is InChI=1S/C13H22N4O7S2/c1-5(13(23)24)15-12(22)8(4-26)17-11(21)7(2-9(18)19)16-10(20)6(14)3-25/h5-8,25-26H,2-4,14H2,1H3,(H,15,22)(H,16,20)(H,17,21)(H,18,19)(H,23,24). The number of hydrogen-bond acceptors (Lipinski definition) is 8. The first-order valence-electron chi connectivity index (χ1n) is 7.36. The molecule has 0 saturated carbocycles. The lowest BCUT2D eigenvalue weighted by atomic mass is 10.1. The van der Waals surface area contributed by atoms with Crippen LogP contribution >= 0.6 is 25.3 Å². The average molecular weight is 410 g/mol. The van der Waals surface area contributed by atoms with Gasteiger partial charge in [0.1, 0.15) is 18.1 Å². The Hall–Kier alpha value is -1.99. The summed E-state index contributed by atoms with van der Waals surface area (Å²) >= 11 is 7.73. The molecule has 0 aromatic heterocycles. The number of nitrogens with one attached hydrogen (secondary N) is 3. The summed E-state index contributed by atoms with van der Waals surface area (Å²) in [7, 11) is 0. The fraction of sp³-hybridized carbons (Fsp3) is 0.615. The number of amides is 3. The molecule has 0 aliphatic carbocycles. The SMILES string of the molecule is CC(NC(=O)C(CS)NC(=O)C(CC(=O)O)NC(=O)C(N)CS)C(=O)O. The molecule has 26 heavy (non-hydrogen) atoms. The van der Waals surface area contributed by atoms with Crippen LogP contribution in [0.5, 0.6) is 0 Å². The molecule has 0 bridgehead atoms. The summed E-state index contributed by atoms with van der Waals surface area (Å²) in [5, 5.41) is 24.2. The van der Waals surface area contributed by atoms with Gasteiger partial charge in [-0.15, -0.1) is 0 Å². The van der Waals surface area contributed by atoms with Crippen molar-refractivity contribution < 1.29 is 34.2 Å². The van der Waals surface area contributed by atoms with E-state index in [1.807, 2.05) is 0 Å². The van der Waals surface area contributed by atoms with Crippen molar-refractivity contribution in [3.8, 4) is 0 Å². The molecule has 0 spiro atoms. The summed E-state index contributed by atoms with van der Waals surface area (Å²) in [6, 6.07) is -4.98. The predicted molar refractivity (Wildman–Crippen MR) is 97.0 cm³/mol. The summed E-state index contributed by atoms with van der Waals surface area (Å²) in [5.74, 6) is -5.42. The van der Waals surface area contributed by atoms with Crippen LogP contribution in [0.15, 0.2) is 0 Å². The highest BCUT2D eigenvalue weighted by Gasteiger charge is 2.29. The van der Waals surface area contributed by atoms with E-state index in [-0.39, 0.29) is 11.5 Å². The maximum absolute atomic E-state index is 12.2. The second-order valence-corrected chi connectivity index (χ2v) is 5.99. The molecule has 3 amide bonds. The minimum Gasteiger partial charge on any atom is -0.481 e. The van der Waals surface area contributed by atoms with E-state index in [0.717, 1.165) is 0 Å². The Morgan fingerprint density at radius 3 is 1.81 bits per heavy atom. The molecular weight excluding hydrogens is 388 g/mol. The number of carbonyl (C=O) groups excluding carboxylic acids is 3. The molecule has 0 aromatic carbocycles. The number of nitrogens with two attached hydrogens (primary N) is 1. The van der Waals surface area contributed by atoms with Crippen molar-refractivity contribution >= 4 is 54.9 Å². The fourth-order valence-electron chi connectivity index (χ4n) is 1.59. The fourth-order valence-corrected chi connectivity index (χ4v) is 2.01. The van der Waals surface area contributed by atoms with Crippen molar-refractivity contribution in [1.29, 1.82) is 0 Å². The molecule has 148 valence electrons. The zero-order chi connectivity index (χ0) is 20.4. The minimum atomic E-state index is -1.49. The third-order valence-electron chi connectivity index (χ3n) is 3.09. The van der Waals surface area contributed by atoms with E-state index >= 15 is 0 Å². The van der Waals surface area contributed by atoms with Crippen LogP contribution in [0.4, 0.5) is 0 Å². The largest absolute Gasteiger partial charge is 0.481 e. The first-order valence-corrected chi connectivity index (χ1v) is 8.62. The lowest BCUT2D eigenvalue weighted by molar-refractivity contribution is -0.142. The van der Waals surface area contributed by atoms with Gasteiger partial charge in [0.05, 0.1) is 12.5 Å². The molecule has 7 N–H and O–H groups in total. The second-order valence-electron chi connectivity index (χ2n) is 5.26. The molecular formula is C13H22N4O7S2. The minimum absolute atomic E-state index is 0.0258. The van der Waals surface area contributed by atoms with Gasteiger partial charge in [-0.3, -0.25) is 24.0 Å². The van der Waals surface area contributed by atoms with Crippen LogP contribution in [-0.2, 0) is 24.0 Å². The van der Waals surface area contributed by atoms with Gasteiger partial charge in [0, 0.05) is 11.5 Å². The van der Waals surface area contributed by atoms with Crippen molar-refractivity contribution in [3.05, 3.63) is 0 Å². The second kappa shape index (κ2) is 11.6. The molecule has 11 nitrogen and oxygen atoms in total. The first-order chi connectivity index (χ1) is 12.0. The first kappa shape index (κ1) is 24.0. The Labute approximate surface area is 160 Å². The van der Waals surface area contributed by atoms with E-state index in [0.29, 0.717) is 0 Å². The van der Waals surface area contributed by atoms with Gasteiger partial charge < -0.3 is 31.9 Å². The van der Waals surface area contributed by atoms with E-state index in [1.165, 1.54) is 6.92 Å². The van der Waals surface area contributed by atoms with E-state index in [4.69, 9.17) is 15.9 Å². The normalized spacial score (nSPS) is 15.1. The van der Waals surface area contributed by atoms with Crippen molar-refractivity contribution in [2.24, 2.45) is 5.73 Å². The Kier molecular flexibility index (Phi) is 10.7. The van der Waals surface area contributed by atoms with E-state index < -0.39 is 60.2 Å². The monoisotopic (exact) mass is 410 g/mol. The number of carboxylic acid groups (broad SMARTS) is 2. The summed E-state index contributed by atoms with van der Waals surface area (Å²) in [5.41, 5.74) is 5.46. The van der Waals surface area contributed by atoms with Gasteiger partial charge in [0.15, 0.2) is 0 Å². The maximum Gasteiger partial charge on any atom is 0.325 e. The van der Waals surface area contributed by atoms with Crippen LogP contribution in [0.2, 0.25) is 0 Å². The van der Waals surface area contributed by atoms with Crippen LogP contribution in [0, 0.1) is 0 Å². The number of hydrogen-bond donors (Lipinski definition) is 8. The molecule has 4 unspecified atom stereocenters. The van der Waals surface area contributed by atoms with Gasteiger partial charge in [-0.1, -0.05) is 0 Å². The zero-order valence-electron chi connectivity index (χ0n) is 13.8. The van der Waals surface area contributed by atoms with Crippen molar-refractivity contribution in [2.45, 2.75) is 37.5 Å². The van der Waals surface area contributed by atoms with Gasteiger partial charge in [-0.2, -0.15) is 25.3 Å². The third kappa shape index (κ3) is 8.40. The van der Waals surface area contributed by atoms with Crippen LogP contribution in [0.3, 0.4) is 0 Å². The Balaban J connectivity index is 5.07. The third-order valence-corrected chi connectivity index (χ3v) is 3.85. The predicted octanol–water partition coefficient (Wildman–Crippen LogP) is -2.79.